The van der Waals surface area contributed by atoms with Gasteiger partial charge in [-0.25, -0.2) is 9.67 Å². The van der Waals surface area contributed by atoms with Gasteiger partial charge in [0.1, 0.15) is 0 Å². The van der Waals surface area contributed by atoms with Crippen LogP contribution in [0.1, 0.15) is 43.0 Å². The second-order valence-corrected chi connectivity index (χ2v) is 5.79. The number of rotatable bonds is 3. The summed E-state index contributed by atoms with van der Waals surface area (Å²) in [6, 6.07) is 5.75. The van der Waals surface area contributed by atoms with Crippen LogP contribution in [0.3, 0.4) is 0 Å². The van der Waals surface area contributed by atoms with Gasteiger partial charge in [-0.3, -0.25) is 4.79 Å². The number of hydrogen-bond donors (Lipinski definition) is 1. The van der Waals surface area contributed by atoms with E-state index in [4.69, 9.17) is 0 Å². The third kappa shape index (κ3) is 3.29. The fourth-order valence-electron chi connectivity index (χ4n) is 2.73. The molecule has 1 aliphatic rings. The Balaban J connectivity index is 1.62. The van der Waals surface area contributed by atoms with Crippen molar-refractivity contribution in [2.75, 3.05) is 0 Å². The third-order valence-corrected chi connectivity index (χ3v) is 4.10. The molecule has 0 aliphatic heterocycles. The van der Waals surface area contributed by atoms with E-state index in [0.29, 0.717) is 17.4 Å². The largest absolute Gasteiger partial charge is 0.349 e. The molecule has 5 heteroatoms. The molecule has 3 rings (SSSR count). The predicted molar refractivity (Wildman–Crippen MR) is 80.2 cm³/mol. The van der Waals surface area contributed by atoms with Crippen molar-refractivity contribution in [2.24, 2.45) is 5.92 Å². The Bertz CT molecular complexity index is 583. The molecule has 1 fully saturated rings. The van der Waals surface area contributed by atoms with Crippen LogP contribution in [-0.4, -0.2) is 26.7 Å². The first kappa shape index (κ1) is 13.8. The van der Waals surface area contributed by atoms with Gasteiger partial charge in [-0.15, -0.1) is 0 Å². The summed E-state index contributed by atoms with van der Waals surface area (Å²) in [5.74, 6) is 1.46. The second kappa shape index (κ2) is 6.08. The van der Waals surface area contributed by atoms with Crippen molar-refractivity contribution in [3.8, 4) is 5.82 Å². The topological polar surface area (TPSA) is 59.8 Å². The lowest BCUT2D eigenvalue weighted by Crippen LogP contribution is -2.37. The molecule has 1 aliphatic carbocycles. The summed E-state index contributed by atoms with van der Waals surface area (Å²) in [6.07, 6.45) is 9.68. The van der Waals surface area contributed by atoms with Crippen molar-refractivity contribution < 1.29 is 4.79 Å². The Kier molecular flexibility index (Phi) is 3.99. The van der Waals surface area contributed by atoms with Crippen LogP contribution in [0.25, 0.3) is 5.82 Å². The Hall–Kier alpha value is -2.17. The smallest absolute Gasteiger partial charge is 0.253 e. The predicted octanol–water partition coefficient (Wildman–Crippen LogP) is 2.58. The molecule has 0 unspecified atom stereocenters. The molecule has 0 spiro atoms. The van der Waals surface area contributed by atoms with Crippen molar-refractivity contribution >= 4 is 5.91 Å². The Morgan fingerprint density at radius 1 is 1.29 bits per heavy atom. The van der Waals surface area contributed by atoms with Gasteiger partial charge in [0, 0.05) is 24.6 Å². The van der Waals surface area contributed by atoms with Crippen LogP contribution < -0.4 is 5.32 Å². The first-order chi connectivity index (χ1) is 10.2. The summed E-state index contributed by atoms with van der Waals surface area (Å²) in [7, 11) is 0. The minimum atomic E-state index is -0.0333. The molecule has 2 aromatic rings. The van der Waals surface area contributed by atoms with E-state index in [1.807, 2.05) is 18.3 Å². The summed E-state index contributed by atoms with van der Waals surface area (Å²) < 4.78 is 1.67. The Labute approximate surface area is 124 Å². The highest BCUT2D eigenvalue weighted by Crippen LogP contribution is 2.23. The minimum Gasteiger partial charge on any atom is -0.349 e. The highest BCUT2D eigenvalue weighted by molar-refractivity contribution is 5.94. The van der Waals surface area contributed by atoms with Crippen LogP contribution in [0.15, 0.2) is 36.8 Å². The van der Waals surface area contributed by atoms with E-state index < -0.39 is 0 Å². The Morgan fingerprint density at radius 2 is 2.10 bits per heavy atom. The van der Waals surface area contributed by atoms with Crippen LogP contribution in [0, 0.1) is 5.92 Å². The third-order valence-electron chi connectivity index (χ3n) is 4.10. The lowest BCUT2D eigenvalue weighted by atomic mass is 9.87. The van der Waals surface area contributed by atoms with E-state index >= 15 is 0 Å². The van der Waals surface area contributed by atoms with Gasteiger partial charge in [-0.1, -0.05) is 6.92 Å². The van der Waals surface area contributed by atoms with E-state index in [0.717, 1.165) is 18.8 Å². The summed E-state index contributed by atoms with van der Waals surface area (Å²) in [5.41, 5.74) is 0.601. The first-order valence-electron chi connectivity index (χ1n) is 7.49. The molecular formula is C16H20N4O. The van der Waals surface area contributed by atoms with Crippen LogP contribution >= 0.6 is 0 Å². The summed E-state index contributed by atoms with van der Waals surface area (Å²) >= 11 is 0. The maximum absolute atomic E-state index is 12.2. The number of amides is 1. The number of nitrogens with one attached hydrogen (secondary N) is 1. The van der Waals surface area contributed by atoms with Crippen LogP contribution in [0.2, 0.25) is 0 Å². The van der Waals surface area contributed by atoms with Crippen LogP contribution in [0.4, 0.5) is 0 Å². The molecule has 0 saturated heterocycles. The average Bonchev–Trinajstić information content (AvgIpc) is 3.04. The standard InChI is InChI=1S/C16H20N4O/c1-12-3-6-14(7-4-12)19-16(21)13-5-8-15(17-11-13)20-10-2-9-18-20/h2,5,8-12,14H,3-4,6-7H2,1H3,(H,19,21). The van der Waals surface area contributed by atoms with Gasteiger partial charge in [0.05, 0.1) is 5.56 Å². The number of carbonyl (C=O) groups excluding carboxylic acids is 1. The summed E-state index contributed by atoms with van der Waals surface area (Å²) in [5, 5.41) is 7.22. The van der Waals surface area contributed by atoms with Gasteiger partial charge in [0.15, 0.2) is 5.82 Å². The van der Waals surface area contributed by atoms with Crippen molar-refractivity contribution in [3.63, 3.8) is 0 Å². The number of aromatic nitrogens is 3. The summed E-state index contributed by atoms with van der Waals surface area (Å²) in [4.78, 5) is 16.5. The fourth-order valence-corrected chi connectivity index (χ4v) is 2.73. The number of pyridine rings is 1. The zero-order chi connectivity index (χ0) is 14.7. The maximum Gasteiger partial charge on any atom is 0.253 e. The van der Waals surface area contributed by atoms with Gasteiger partial charge < -0.3 is 5.32 Å². The molecule has 0 radical (unpaired) electrons. The number of carbonyl (C=O) groups is 1. The molecule has 21 heavy (non-hydrogen) atoms. The van der Waals surface area contributed by atoms with Crippen molar-refractivity contribution in [2.45, 2.75) is 38.6 Å². The second-order valence-electron chi connectivity index (χ2n) is 5.79. The van der Waals surface area contributed by atoms with Crippen LogP contribution in [-0.2, 0) is 0 Å². The lowest BCUT2D eigenvalue weighted by Gasteiger charge is -2.26. The number of nitrogens with zero attached hydrogens (tertiary/aromatic N) is 3. The SMILES string of the molecule is CC1CCC(NC(=O)c2ccc(-n3cccn3)nc2)CC1. The normalized spacial score (nSPS) is 22.0. The first-order valence-corrected chi connectivity index (χ1v) is 7.49. The molecule has 2 heterocycles. The fraction of sp³-hybridized carbons (Fsp3) is 0.438. The molecule has 0 aromatic carbocycles. The van der Waals surface area contributed by atoms with Gasteiger partial charge in [0.25, 0.3) is 5.91 Å². The molecule has 1 N–H and O–H groups in total. The molecular weight excluding hydrogens is 264 g/mol. The Morgan fingerprint density at radius 3 is 2.71 bits per heavy atom. The van der Waals surface area contributed by atoms with Crippen molar-refractivity contribution in [1.29, 1.82) is 0 Å². The molecule has 110 valence electrons. The zero-order valence-electron chi connectivity index (χ0n) is 12.2. The maximum atomic E-state index is 12.2. The van der Waals surface area contributed by atoms with E-state index in [2.05, 4.69) is 22.3 Å². The molecule has 2 aromatic heterocycles. The molecule has 0 atom stereocenters. The minimum absolute atomic E-state index is 0.0333. The average molecular weight is 284 g/mol. The van der Waals surface area contributed by atoms with Crippen molar-refractivity contribution in [1.82, 2.24) is 20.1 Å². The molecule has 0 bridgehead atoms. The van der Waals surface area contributed by atoms with Crippen molar-refractivity contribution in [3.05, 3.63) is 42.4 Å². The lowest BCUT2D eigenvalue weighted by molar-refractivity contribution is 0.0922. The molecule has 1 saturated carbocycles. The van der Waals surface area contributed by atoms with E-state index in [9.17, 15) is 4.79 Å². The monoisotopic (exact) mass is 284 g/mol. The quantitative estimate of drug-likeness (QED) is 0.942. The van der Waals surface area contributed by atoms with Gasteiger partial charge in [0.2, 0.25) is 0 Å². The highest BCUT2D eigenvalue weighted by Gasteiger charge is 2.20. The molecule has 1 amide bonds. The molecule has 5 nitrogen and oxygen atoms in total. The zero-order valence-corrected chi connectivity index (χ0v) is 12.2. The van der Waals surface area contributed by atoms with Crippen LogP contribution in [0.5, 0.6) is 0 Å². The van der Waals surface area contributed by atoms with E-state index in [1.165, 1.54) is 12.8 Å². The van der Waals surface area contributed by atoms with Gasteiger partial charge in [-0.05, 0) is 49.8 Å². The van der Waals surface area contributed by atoms with Gasteiger partial charge >= 0.3 is 0 Å². The highest BCUT2D eigenvalue weighted by atomic mass is 16.1. The number of hydrogen-bond acceptors (Lipinski definition) is 3. The van der Waals surface area contributed by atoms with Gasteiger partial charge in [-0.2, -0.15) is 5.10 Å². The summed E-state index contributed by atoms with van der Waals surface area (Å²) in [6.45, 7) is 2.27. The van der Waals surface area contributed by atoms with E-state index in [1.54, 1.807) is 23.1 Å². The van der Waals surface area contributed by atoms with E-state index in [-0.39, 0.29) is 5.91 Å².